The number of anilines is 2. The highest BCUT2D eigenvalue weighted by molar-refractivity contribution is 5.84. The van der Waals surface area contributed by atoms with Gasteiger partial charge in [-0.1, -0.05) is 0 Å². The van der Waals surface area contributed by atoms with Crippen molar-refractivity contribution in [1.82, 2.24) is 25.1 Å². The molecule has 1 fully saturated rings. The summed E-state index contributed by atoms with van der Waals surface area (Å²) < 4.78 is 11.5. The number of nitrogens with two attached hydrogens (primary N) is 1. The Morgan fingerprint density at radius 1 is 1.06 bits per heavy atom. The molecule has 0 aliphatic heterocycles. The molecule has 1 aromatic carbocycles. The van der Waals surface area contributed by atoms with Gasteiger partial charge >= 0.3 is 0 Å². The number of aryl methyl sites for hydroxylation is 1. The second-order valence-electron chi connectivity index (χ2n) is 7.81. The maximum Gasteiger partial charge on any atom is 0.248 e. The fraction of sp³-hybridized carbons (Fsp3) is 0.318. The lowest BCUT2D eigenvalue weighted by molar-refractivity contribution is 0.152. The molecule has 9 heteroatoms. The molecule has 0 bridgehead atoms. The zero-order valence-electron chi connectivity index (χ0n) is 17.2. The van der Waals surface area contributed by atoms with Crippen LogP contribution in [0.1, 0.15) is 31.2 Å². The normalized spacial score (nSPS) is 18.7. The van der Waals surface area contributed by atoms with Crippen molar-refractivity contribution < 1.29 is 9.15 Å². The van der Waals surface area contributed by atoms with E-state index in [-0.39, 0.29) is 6.10 Å². The zero-order chi connectivity index (χ0) is 21.2. The van der Waals surface area contributed by atoms with Crippen molar-refractivity contribution in [3.63, 3.8) is 0 Å². The Bertz CT molecular complexity index is 1190. The van der Waals surface area contributed by atoms with E-state index in [0.717, 1.165) is 53.7 Å². The Labute approximate surface area is 179 Å². The predicted molar refractivity (Wildman–Crippen MR) is 117 cm³/mol. The first-order chi connectivity index (χ1) is 15.2. The maximum absolute atomic E-state index is 6.28. The number of nitrogens with one attached hydrogen (secondary N) is 1. The van der Waals surface area contributed by atoms with Gasteiger partial charge in [0.2, 0.25) is 12.3 Å². The molecule has 9 nitrogen and oxygen atoms in total. The van der Waals surface area contributed by atoms with Gasteiger partial charge in [-0.25, -0.2) is 9.97 Å². The highest BCUT2D eigenvalue weighted by atomic mass is 16.5. The van der Waals surface area contributed by atoms with Crippen molar-refractivity contribution in [3.8, 4) is 17.2 Å². The summed E-state index contributed by atoms with van der Waals surface area (Å²) in [7, 11) is 0. The van der Waals surface area contributed by atoms with Crippen molar-refractivity contribution in [1.29, 1.82) is 0 Å². The number of aromatic nitrogens is 5. The number of nitrogen functional groups attached to an aromatic ring is 1. The van der Waals surface area contributed by atoms with E-state index in [1.165, 1.54) is 6.39 Å². The minimum Gasteiger partial charge on any atom is -0.488 e. The summed E-state index contributed by atoms with van der Waals surface area (Å²) in [4.78, 5) is 13.3. The number of hydrogen-bond acceptors (Lipinski definition) is 9. The lowest BCUT2D eigenvalue weighted by atomic mass is 9.92. The largest absolute Gasteiger partial charge is 0.488 e. The van der Waals surface area contributed by atoms with Crippen molar-refractivity contribution in [3.05, 3.63) is 48.7 Å². The van der Waals surface area contributed by atoms with Gasteiger partial charge in [-0.05, 0) is 50.3 Å². The standard InChI is InChI=1S/C22H23N7O2/c1-13-8-14(22-29-27-12-30-22)11-26-21(13)28-16-2-4-17(5-3-16)31-19-10-15(23)9-18-20(19)25-7-6-24-18/h6-12,16-17H,2-5,23H2,1H3,(H,26,28). The van der Waals surface area contributed by atoms with Crippen LogP contribution in [0.3, 0.4) is 0 Å². The Morgan fingerprint density at radius 2 is 1.90 bits per heavy atom. The van der Waals surface area contributed by atoms with Gasteiger partial charge in [-0.3, -0.25) is 4.98 Å². The minimum absolute atomic E-state index is 0.124. The molecular weight excluding hydrogens is 394 g/mol. The van der Waals surface area contributed by atoms with Crippen molar-refractivity contribution in [2.75, 3.05) is 11.1 Å². The van der Waals surface area contributed by atoms with Crippen LogP contribution in [0.15, 0.2) is 47.6 Å². The molecule has 3 heterocycles. The molecule has 0 saturated heterocycles. The lowest BCUT2D eigenvalue weighted by Crippen LogP contribution is -2.31. The van der Waals surface area contributed by atoms with Crippen LogP contribution in [0.2, 0.25) is 0 Å². The summed E-state index contributed by atoms with van der Waals surface area (Å²) in [6, 6.07) is 6.00. The van der Waals surface area contributed by atoms with Crippen LogP contribution < -0.4 is 15.8 Å². The molecule has 1 aliphatic rings. The Kier molecular flexibility index (Phi) is 5.07. The van der Waals surface area contributed by atoms with Crippen molar-refractivity contribution in [2.45, 2.75) is 44.8 Å². The SMILES string of the molecule is Cc1cc(-c2nnco2)cnc1NC1CCC(Oc2cc(N)cc3nccnc23)CC1. The summed E-state index contributed by atoms with van der Waals surface area (Å²) in [5, 5.41) is 11.2. The number of ether oxygens (including phenoxy) is 1. The first kappa shape index (κ1) is 19.2. The smallest absolute Gasteiger partial charge is 0.248 e. The van der Waals surface area contributed by atoms with Crippen LogP contribution in [-0.2, 0) is 0 Å². The van der Waals surface area contributed by atoms with Gasteiger partial charge in [-0.2, -0.15) is 0 Å². The fourth-order valence-corrected chi connectivity index (χ4v) is 3.99. The quantitative estimate of drug-likeness (QED) is 0.467. The third kappa shape index (κ3) is 4.11. The zero-order valence-corrected chi connectivity index (χ0v) is 17.2. The van der Waals surface area contributed by atoms with Crippen LogP contribution >= 0.6 is 0 Å². The summed E-state index contributed by atoms with van der Waals surface area (Å²) in [6.45, 7) is 2.02. The molecule has 1 aliphatic carbocycles. The Hall–Kier alpha value is -3.75. The molecule has 5 rings (SSSR count). The lowest BCUT2D eigenvalue weighted by Gasteiger charge is -2.30. The topological polar surface area (TPSA) is 125 Å². The molecule has 31 heavy (non-hydrogen) atoms. The van der Waals surface area contributed by atoms with E-state index in [1.807, 2.05) is 25.1 Å². The first-order valence-electron chi connectivity index (χ1n) is 10.3. The summed E-state index contributed by atoms with van der Waals surface area (Å²) in [5.41, 5.74) is 10.00. The molecule has 0 spiro atoms. The highest BCUT2D eigenvalue weighted by Gasteiger charge is 2.24. The minimum atomic E-state index is 0.124. The van der Waals surface area contributed by atoms with Crippen LogP contribution in [0, 0.1) is 6.92 Å². The van der Waals surface area contributed by atoms with E-state index in [9.17, 15) is 0 Å². The second-order valence-corrected chi connectivity index (χ2v) is 7.81. The van der Waals surface area contributed by atoms with E-state index in [2.05, 4.69) is 30.5 Å². The summed E-state index contributed by atoms with van der Waals surface area (Å²) in [5.74, 6) is 2.05. The van der Waals surface area contributed by atoms with E-state index in [4.69, 9.17) is 14.9 Å². The third-order valence-electron chi connectivity index (χ3n) is 5.56. The molecule has 0 radical (unpaired) electrons. The van der Waals surface area contributed by atoms with E-state index >= 15 is 0 Å². The molecular formula is C22H23N7O2. The number of benzene rings is 1. The van der Waals surface area contributed by atoms with Crippen molar-refractivity contribution in [2.24, 2.45) is 0 Å². The van der Waals surface area contributed by atoms with Gasteiger partial charge in [0.05, 0.1) is 17.2 Å². The second kappa shape index (κ2) is 8.17. The monoisotopic (exact) mass is 417 g/mol. The maximum atomic E-state index is 6.28. The average Bonchev–Trinajstić information content (AvgIpc) is 3.31. The van der Waals surface area contributed by atoms with E-state index in [1.54, 1.807) is 18.6 Å². The molecule has 3 aromatic heterocycles. The fourth-order valence-electron chi connectivity index (χ4n) is 3.99. The molecule has 4 aromatic rings. The molecule has 0 amide bonds. The van der Waals surface area contributed by atoms with Crippen LogP contribution in [0.25, 0.3) is 22.5 Å². The number of pyridine rings is 1. The van der Waals surface area contributed by atoms with Gasteiger partial charge in [0.1, 0.15) is 17.1 Å². The number of nitrogens with zero attached hydrogens (tertiary/aromatic N) is 5. The van der Waals surface area contributed by atoms with E-state index in [0.29, 0.717) is 23.4 Å². The highest BCUT2D eigenvalue weighted by Crippen LogP contribution is 2.31. The van der Waals surface area contributed by atoms with Gasteiger partial charge in [0, 0.05) is 36.4 Å². The number of rotatable bonds is 5. The Morgan fingerprint density at radius 3 is 2.68 bits per heavy atom. The number of fused-ring (bicyclic) bond motifs is 1. The molecule has 0 unspecified atom stereocenters. The molecule has 3 N–H and O–H groups in total. The van der Waals surface area contributed by atoms with E-state index < -0.39 is 0 Å². The molecule has 158 valence electrons. The van der Waals surface area contributed by atoms with Crippen molar-refractivity contribution >= 4 is 22.5 Å². The van der Waals surface area contributed by atoms with Gasteiger partial charge in [0.15, 0.2) is 0 Å². The van der Waals surface area contributed by atoms with Crippen LogP contribution in [-0.4, -0.2) is 37.3 Å². The predicted octanol–water partition coefficient (Wildman–Crippen LogP) is 3.77. The third-order valence-corrected chi connectivity index (χ3v) is 5.56. The first-order valence-corrected chi connectivity index (χ1v) is 10.3. The summed E-state index contributed by atoms with van der Waals surface area (Å²) >= 11 is 0. The number of hydrogen-bond donors (Lipinski definition) is 2. The average molecular weight is 417 g/mol. The Balaban J connectivity index is 1.22. The van der Waals surface area contributed by atoms with Crippen LogP contribution in [0.5, 0.6) is 5.75 Å². The van der Waals surface area contributed by atoms with Gasteiger partial charge in [0.25, 0.3) is 0 Å². The molecule has 1 saturated carbocycles. The van der Waals surface area contributed by atoms with Crippen LogP contribution in [0.4, 0.5) is 11.5 Å². The molecule has 0 atom stereocenters. The van der Waals surface area contributed by atoms with Gasteiger partial charge < -0.3 is 20.2 Å². The summed E-state index contributed by atoms with van der Waals surface area (Å²) in [6.07, 6.45) is 10.4. The van der Waals surface area contributed by atoms with Gasteiger partial charge in [-0.15, -0.1) is 10.2 Å².